The summed E-state index contributed by atoms with van der Waals surface area (Å²) in [5.74, 6) is -5.44. The third kappa shape index (κ3) is 5.79. The normalized spacial score (nSPS) is 25.7. The number of phenolic OH excluding ortho intramolecular Hbond substituents is 1. The number of carbonyl (C=O) groups is 3. The summed E-state index contributed by atoms with van der Waals surface area (Å²) in [6.07, 6.45) is -0.387. The number of phenols is 1. The Labute approximate surface area is 188 Å². The van der Waals surface area contributed by atoms with Crippen LogP contribution in [0.15, 0.2) is 18.2 Å². The summed E-state index contributed by atoms with van der Waals surface area (Å²) in [6, 6.07) is 4.32. The van der Waals surface area contributed by atoms with Gasteiger partial charge in [0.1, 0.15) is 5.92 Å². The molecule has 0 unspecified atom stereocenters. The van der Waals surface area contributed by atoms with Crippen molar-refractivity contribution in [1.29, 1.82) is 0 Å². The third-order valence-corrected chi connectivity index (χ3v) is 5.48. The van der Waals surface area contributed by atoms with Gasteiger partial charge in [0, 0.05) is 12.3 Å². The van der Waals surface area contributed by atoms with Crippen molar-refractivity contribution in [2.45, 2.75) is 52.6 Å². The maximum Gasteiger partial charge on any atom is 0.317 e. The van der Waals surface area contributed by atoms with E-state index in [1.807, 2.05) is 27.7 Å². The van der Waals surface area contributed by atoms with E-state index in [0.29, 0.717) is 5.56 Å². The highest BCUT2D eigenvalue weighted by molar-refractivity contribution is 6.02. The Balaban J connectivity index is 2.59. The van der Waals surface area contributed by atoms with Crippen LogP contribution >= 0.6 is 0 Å². The summed E-state index contributed by atoms with van der Waals surface area (Å²) < 4.78 is 16.0. The Morgan fingerprint density at radius 2 is 1.66 bits per heavy atom. The minimum Gasteiger partial charge on any atom is -0.504 e. The molecule has 0 aromatic heterocycles. The Morgan fingerprint density at radius 1 is 1.09 bits per heavy atom. The van der Waals surface area contributed by atoms with E-state index < -0.39 is 41.1 Å². The van der Waals surface area contributed by atoms with Gasteiger partial charge in [-0.3, -0.25) is 14.4 Å². The zero-order valence-electron chi connectivity index (χ0n) is 19.6. The number of hydrogen-bond acceptors (Lipinski definition) is 8. The van der Waals surface area contributed by atoms with Crippen LogP contribution in [0.1, 0.15) is 52.5 Å². The van der Waals surface area contributed by atoms with E-state index in [1.165, 1.54) is 32.2 Å². The van der Waals surface area contributed by atoms with Crippen molar-refractivity contribution in [3.63, 3.8) is 0 Å². The van der Waals surface area contributed by atoms with E-state index in [1.54, 1.807) is 0 Å². The SMILES string of the molecule is COc1cc([C@@H]2[C@@H](C(=O)OCC(C)C)C(=O)C[C@](C)(O)[C@H]2C(=O)OCC(C)C)ccc1O. The van der Waals surface area contributed by atoms with E-state index in [9.17, 15) is 24.6 Å². The zero-order valence-corrected chi connectivity index (χ0v) is 19.6. The number of aromatic hydroxyl groups is 1. The van der Waals surface area contributed by atoms with Gasteiger partial charge in [-0.1, -0.05) is 33.8 Å². The van der Waals surface area contributed by atoms with Crippen LogP contribution in [0.25, 0.3) is 0 Å². The molecular weight excluding hydrogens is 416 g/mol. The highest BCUT2D eigenvalue weighted by Gasteiger charge is 2.57. The van der Waals surface area contributed by atoms with Gasteiger partial charge in [-0.25, -0.2) is 0 Å². The molecule has 8 nitrogen and oxygen atoms in total. The number of hydrogen-bond donors (Lipinski definition) is 2. The van der Waals surface area contributed by atoms with Gasteiger partial charge >= 0.3 is 11.9 Å². The molecule has 0 spiro atoms. The van der Waals surface area contributed by atoms with E-state index in [0.717, 1.165) is 0 Å². The van der Waals surface area contributed by atoms with Crippen molar-refractivity contribution in [2.24, 2.45) is 23.7 Å². The van der Waals surface area contributed by atoms with Gasteiger partial charge in [0.25, 0.3) is 0 Å². The smallest absolute Gasteiger partial charge is 0.317 e. The fourth-order valence-electron chi connectivity index (χ4n) is 3.99. The number of ketones is 1. The van der Waals surface area contributed by atoms with Gasteiger partial charge in [0.2, 0.25) is 0 Å². The maximum atomic E-state index is 13.1. The fraction of sp³-hybridized carbons (Fsp3) is 0.625. The predicted octanol–water partition coefficient (Wildman–Crippen LogP) is 2.84. The third-order valence-electron chi connectivity index (χ3n) is 5.48. The molecule has 0 radical (unpaired) electrons. The molecule has 4 atom stereocenters. The van der Waals surface area contributed by atoms with Crippen LogP contribution in [0.5, 0.6) is 11.5 Å². The van der Waals surface area contributed by atoms with Crippen LogP contribution in [0.2, 0.25) is 0 Å². The number of Topliss-reactive ketones (excluding diaryl/α,β-unsaturated/α-hetero) is 1. The van der Waals surface area contributed by atoms with Crippen LogP contribution in [0.3, 0.4) is 0 Å². The van der Waals surface area contributed by atoms with Gasteiger partial charge in [0.05, 0.1) is 31.8 Å². The van der Waals surface area contributed by atoms with Crippen molar-refractivity contribution in [3.8, 4) is 11.5 Å². The Hall–Kier alpha value is -2.61. The highest BCUT2D eigenvalue weighted by Crippen LogP contribution is 2.48. The molecule has 0 aliphatic heterocycles. The molecule has 8 heteroatoms. The van der Waals surface area contributed by atoms with Crippen LogP contribution in [0.4, 0.5) is 0 Å². The van der Waals surface area contributed by atoms with Gasteiger partial charge < -0.3 is 24.4 Å². The van der Waals surface area contributed by atoms with Gasteiger partial charge in [-0.05, 0) is 36.5 Å². The maximum absolute atomic E-state index is 13.1. The first-order valence-corrected chi connectivity index (χ1v) is 10.8. The number of methoxy groups -OCH3 is 1. The predicted molar refractivity (Wildman–Crippen MR) is 116 cm³/mol. The first-order chi connectivity index (χ1) is 14.9. The Kier molecular flexibility index (Phi) is 8.29. The molecule has 1 aromatic rings. The number of benzene rings is 1. The molecular formula is C24H34O8. The lowest BCUT2D eigenvalue weighted by Crippen LogP contribution is -2.55. The number of ether oxygens (including phenoxy) is 3. The topological polar surface area (TPSA) is 119 Å². The lowest BCUT2D eigenvalue weighted by atomic mass is 9.61. The second-order valence-electron chi connectivity index (χ2n) is 9.46. The standard InChI is InChI=1S/C24H34O8/c1-13(2)11-31-22(27)20-17(26)10-24(5,29)21(23(28)32-12-14(3)4)19(20)15-7-8-16(25)18(9-15)30-6/h7-9,13-14,19-21,25,29H,10-12H2,1-6H3/t19-,20+,21-,24+/m1/s1. The Morgan fingerprint density at radius 3 is 2.19 bits per heavy atom. The van der Waals surface area contributed by atoms with Crippen LogP contribution < -0.4 is 4.74 Å². The Bertz CT molecular complexity index is 842. The summed E-state index contributed by atoms with van der Waals surface area (Å²) in [5, 5.41) is 21.1. The average molecular weight is 451 g/mol. The highest BCUT2D eigenvalue weighted by atomic mass is 16.5. The summed E-state index contributed by atoms with van der Waals surface area (Å²) in [5.41, 5.74) is -1.36. The molecule has 1 aromatic carbocycles. The number of rotatable bonds is 8. The van der Waals surface area contributed by atoms with E-state index in [2.05, 4.69) is 0 Å². The van der Waals surface area contributed by atoms with E-state index in [-0.39, 0.29) is 43.0 Å². The summed E-state index contributed by atoms with van der Waals surface area (Å²) in [7, 11) is 1.36. The molecule has 1 fully saturated rings. The number of aliphatic hydroxyl groups is 1. The first kappa shape index (κ1) is 25.6. The van der Waals surface area contributed by atoms with Crippen molar-refractivity contribution in [3.05, 3.63) is 23.8 Å². The van der Waals surface area contributed by atoms with Crippen molar-refractivity contribution >= 4 is 17.7 Å². The summed E-state index contributed by atoms with van der Waals surface area (Å²) >= 11 is 0. The summed E-state index contributed by atoms with van der Waals surface area (Å²) in [6.45, 7) is 9.14. The first-order valence-electron chi connectivity index (χ1n) is 10.8. The molecule has 1 saturated carbocycles. The van der Waals surface area contributed by atoms with Gasteiger partial charge in [-0.2, -0.15) is 0 Å². The molecule has 0 saturated heterocycles. The van der Waals surface area contributed by atoms with Crippen LogP contribution in [-0.2, 0) is 23.9 Å². The number of carbonyl (C=O) groups excluding carboxylic acids is 3. The van der Waals surface area contributed by atoms with Gasteiger partial charge in [-0.15, -0.1) is 0 Å². The van der Waals surface area contributed by atoms with Crippen molar-refractivity contribution in [2.75, 3.05) is 20.3 Å². The van der Waals surface area contributed by atoms with Gasteiger partial charge in [0.15, 0.2) is 17.3 Å². The average Bonchev–Trinajstić information content (AvgIpc) is 2.69. The monoisotopic (exact) mass is 450 g/mol. The lowest BCUT2D eigenvalue weighted by Gasteiger charge is -2.43. The molecule has 178 valence electrons. The summed E-state index contributed by atoms with van der Waals surface area (Å²) in [4.78, 5) is 39.2. The second-order valence-corrected chi connectivity index (χ2v) is 9.46. The minimum absolute atomic E-state index is 0.0553. The molecule has 0 bridgehead atoms. The quantitative estimate of drug-likeness (QED) is 0.458. The molecule has 2 N–H and O–H groups in total. The largest absolute Gasteiger partial charge is 0.504 e. The molecule has 0 amide bonds. The van der Waals surface area contributed by atoms with Crippen molar-refractivity contribution in [1.82, 2.24) is 0 Å². The lowest BCUT2D eigenvalue weighted by molar-refractivity contribution is -0.173. The molecule has 32 heavy (non-hydrogen) atoms. The van der Waals surface area contributed by atoms with Crippen molar-refractivity contribution < 1.29 is 38.8 Å². The number of esters is 2. The van der Waals surface area contributed by atoms with E-state index >= 15 is 0 Å². The molecule has 1 aliphatic carbocycles. The zero-order chi connectivity index (χ0) is 24.2. The fourth-order valence-corrected chi connectivity index (χ4v) is 3.99. The van der Waals surface area contributed by atoms with Crippen LogP contribution in [0, 0.1) is 23.7 Å². The molecule has 1 aliphatic rings. The minimum atomic E-state index is -1.74. The second kappa shape index (κ2) is 10.3. The van der Waals surface area contributed by atoms with E-state index in [4.69, 9.17) is 14.2 Å². The molecule has 0 heterocycles. The molecule has 2 rings (SSSR count). The van der Waals surface area contributed by atoms with Crippen LogP contribution in [-0.4, -0.2) is 53.9 Å².